The van der Waals surface area contributed by atoms with E-state index < -0.39 is 0 Å². The Labute approximate surface area is 128 Å². The number of rotatable bonds is 5. The summed E-state index contributed by atoms with van der Waals surface area (Å²) in [6.45, 7) is 4.07. The fourth-order valence-electron chi connectivity index (χ4n) is 1.97. The largest absolute Gasteiger partial charge is 0.360 e. The molecule has 1 atom stereocenters. The van der Waals surface area contributed by atoms with Crippen LogP contribution in [0, 0.1) is 6.92 Å². The highest BCUT2D eigenvalue weighted by Gasteiger charge is 2.15. The summed E-state index contributed by atoms with van der Waals surface area (Å²) in [5.74, 6) is 0.963. The fraction of sp³-hybridized carbons (Fsp3) is 0.333. The first-order valence-electron chi connectivity index (χ1n) is 6.64. The van der Waals surface area contributed by atoms with Crippen molar-refractivity contribution in [2.24, 2.45) is 0 Å². The van der Waals surface area contributed by atoms with Gasteiger partial charge in [-0.25, -0.2) is 0 Å². The number of nitrogens with zero attached hydrogens (tertiary/aromatic N) is 2. The van der Waals surface area contributed by atoms with Crippen molar-refractivity contribution in [2.75, 3.05) is 18.9 Å². The predicted octanol–water partition coefficient (Wildman–Crippen LogP) is 3.27. The summed E-state index contributed by atoms with van der Waals surface area (Å²) in [5, 5.41) is 7.14. The van der Waals surface area contributed by atoms with E-state index in [0.717, 1.165) is 5.56 Å². The maximum Gasteiger partial charge on any atom is 0.239 e. The van der Waals surface area contributed by atoms with Crippen molar-refractivity contribution >= 4 is 23.3 Å². The van der Waals surface area contributed by atoms with Crippen molar-refractivity contribution < 1.29 is 9.32 Å². The number of likely N-dealkylation sites (N-methyl/N-ethyl adjacent to an activating group) is 1. The van der Waals surface area contributed by atoms with Crippen LogP contribution in [0.1, 0.15) is 24.3 Å². The molecule has 1 amide bonds. The maximum absolute atomic E-state index is 12.0. The quantitative estimate of drug-likeness (QED) is 0.921. The third-order valence-corrected chi connectivity index (χ3v) is 3.55. The van der Waals surface area contributed by atoms with E-state index in [-0.39, 0.29) is 18.5 Å². The number of aromatic nitrogens is 1. The Bertz CT molecular complexity index is 610. The van der Waals surface area contributed by atoms with Crippen LogP contribution in [-0.2, 0) is 4.79 Å². The van der Waals surface area contributed by atoms with Crippen LogP contribution in [0.3, 0.4) is 0 Å². The molecule has 0 saturated heterocycles. The zero-order valence-electron chi connectivity index (χ0n) is 12.3. The van der Waals surface area contributed by atoms with Gasteiger partial charge in [0.2, 0.25) is 5.91 Å². The Morgan fingerprint density at radius 2 is 2.10 bits per heavy atom. The van der Waals surface area contributed by atoms with Crippen molar-refractivity contribution in [1.82, 2.24) is 10.1 Å². The van der Waals surface area contributed by atoms with E-state index in [9.17, 15) is 4.79 Å². The molecule has 0 radical (unpaired) electrons. The minimum atomic E-state index is -0.133. The number of aryl methyl sites for hydroxylation is 1. The molecule has 0 saturated carbocycles. The van der Waals surface area contributed by atoms with Crippen LogP contribution in [0.25, 0.3) is 0 Å². The monoisotopic (exact) mass is 307 g/mol. The first-order valence-corrected chi connectivity index (χ1v) is 7.02. The molecule has 1 aromatic carbocycles. The number of halogens is 1. The lowest BCUT2D eigenvalue weighted by Crippen LogP contribution is -2.32. The molecule has 0 bridgehead atoms. The molecule has 0 aliphatic carbocycles. The molecule has 0 aliphatic heterocycles. The summed E-state index contributed by atoms with van der Waals surface area (Å²) < 4.78 is 4.91. The molecular formula is C15H18ClN3O2. The molecule has 1 heterocycles. The Morgan fingerprint density at radius 3 is 2.67 bits per heavy atom. The van der Waals surface area contributed by atoms with E-state index in [2.05, 4.69) is 10.5 Å². The molecule has 5 nitrogen and oxygen atoms in total. The molecule has 0 aliphatic rings. The van der Waals surface area contributed by atoms with E-state index >= 15 is 0 Å². The molecule has 2 aromatic rings. The van der Waals surface area contributed by atoms with Crippen LogP contribution in [-0.4, -0.2) is 29.6 Å². The number of hydrogen-bond donors (Lipinski definition) is 1. The lowest BCUT2D eigenvalue weighted by molar-refractivity contribution is -0.117. The zero-order chi connectivity index (χ0) is 15.4. The summed E-state index contributed by atoms with van der Waals surface area (Å²) in [6.07, 6.45) is 0. The summed E-state index contributed by atoms with van der Waals surface area (Å²) >= 11 is 5.88. The number of carbonyl (C=O) groups is 1. The fourth-order valence-corrected chi connectivity index (χ4v) is 2.09. The van der Waals surface area contributed by atoms with Crippen molar-refractivity contribution in [1.29, 1.82) is 0 Å². The predicted molar refractivity (Wildman–Crippen MR) is 82.4 cm³/mol. The molecule has 1 unspecified atom stereocenters. The van der Waals surface area contributed by atoms with Crippen molar-refractivity contribution in [2.45, 2.75) is 19.9 Å². The summed E-state index contributed by atoms with van der Waals surface area (Å²) in [7, 11) is 1.90. The third kappa shape index (κ3) is 4.31. The van der Waals surface area contributed by atoms with Gasteiger partial charge in [0.15, 0.2) is 5.82 Å². The molecule has 112 valence electrons. The number of amides is 1. The van der Waals surface area contributed by atoms with Crippen molar-refractivity contribution in [3.8, 4) is 0 Å². The Morgan fingerprint density at radius 1 is 1.43 bits per heavy atom. The number of anilines is 1. The first-order chi connectivity index (χ1) is 9.95. The van der Waals surface area contributed by atoms with E-state index in [4.69, 9.17) is 16.1 Å². The van der Waals surface area contributed by atoms with E-state index in [0.29, 0.717) is 16.6 Å². The molecule has 0 fully saturated rings. The van der Waals surface area contributed by atoms with Gasteiger partial charge in [0.25, 0.3) is 0 Å². The highest BCUT2D eigenvalue weighted by atomic mass is 35.5. The Hall–Kier alpha value is -1.85. The zero-order valence-corrected chi connectivity index (χ0v) is 13.0. The van der Waals surface area contributed by atoms with Crippen molar-refractivity contribution in [3.05, 3.63) is 46.7 Å². The van der Waals surface area contributed by atoms with E-state index in [1.807, 2.05) is 43.1 Å². The molecule has 0 spiro atoms. The van der Waals surface area contributed by atoms with E-state index in [1.54, 1.807) is 13.0 Å². The van der Waals surface area contributed by atoms with Gasteiger partial charge in [-0.15, -0.1) is 0 Å². The Balaban J connectivity index is 1.92. The minimum absolute atomic E-state index is 0.104. The minimum Gasteiger partial charge on any atom is -0.360 e. The maximum atomic E-state index is 12.0. The number of benzene rings is 1. The van der Waals surface area contributed by atoms with Crippen LogP contribution in [0.2, 0.25) is 5.02 Å². The standard InChI is InChI=1S/C15H18ClN3O2/c1-10-8-14(18-21-10)17-15(20)9-19(3)11(2)12-4-6-13(16)7-5-12/h4-8,11H,9H2,1-3H3,(H,17,18,20). The van der Waals surface area contributed by atoms with Gasteiger partial charge in [-0.1, -0.05) is 28.9 Å². The normalized spacial score (nSPS) is 12.4. The average molecular weight is 308 g/mol. The second-order valence-corrected chi connectivity index (χ2v) is 5.45. The first kappa shape index (κ1) is 15.5. The van der Waals surface area contributed by atoms with Gasteiger partial charge >= 0.3 is 0 Å². The van der Waals surface area contributed by atoms with Gasteiger partial charge in [0.05, 0.1) is 6.54 Å². The molecule has 2 rings (SSSR count). The van der Waals surface area contributed by atoms with Crippen LogP contribution in [0.5, 0.6) is 0 Å². The van der Waals surface area contributed by atoms with Gasteiger partial charge in [0, 0.05) is 17.1 Å². The summed E-state index contributed by atoms with van der Waals surface area (Å²) in [4.78, 5) is 13.9. The highest BCUT2D eigenvalue weighted by molar-refractivity contribution is 6.30. The number of nitrogens with one attached hydrogen (secondary N) is 1. The van der Waals surface area contributed by atoms with Gasteiger partial charge in [-0.3, -0.25) is 9.69 Å². The van der Waals surface area contributed by atoms with Crippen LogP contribution < -0.4 is 5.32 Å². The van der Waals surface area contributed by atoms with Crippen LogP contribution >= 0.6 is 11.6 Å². The summed E-state index contributed by atoms with van der Waals surface area (Å²) in [6, 6.07) is 9.40. The summed E-state index contributed by atoms with van der Waals surface area (Å²) in [5.41, 5.74) is 1.10. The van der Waals surface area contributed by atoms with Crippen molar-refractivity contribution in [3.63, 3.8) is 0 Å². The SMILES string of the molecule is Cc1cc(NC(=O)CN(C)C(C)c2ccc(Cl)cc2)no1. The molecule has 21 heavy (non-hydrogen) atoms. The van der Waals surface area contributed by atoms with Gasteiger partial charge in [-0.05, 0) is 38.6 Å². The second kappa shape index (κ2) is 6.74. The molecular weight excluding hydrogens is 290 g/mol. The highest BCUT2D eigenvalue weighted by Crippen LogP contribution is 2.20. The van der Waals surface area contributed by atoms with Gasteiger partial charge in [0.1, 0.15) is 5.76 Å². The van der Waals surface area contributed by atoms with E-state index in [1.165, 1.54) is 0 Å². The third-order valence-electron chi connectivity index (χ3n) is 3.30. The van der Waals surface area contributed by atoms with Crippen LogP contribution in [0.15, 0.2) is 34.9 Å². The lowest BCUT2D eigenvalue weighted by Gasteiger charge is -2.24. The van der Waals surface area contributed by atoms with Gasteiger partial charge < -0.3 is 9.84 Å². The molecule has 1 aromatic heterocycles. The smallest absolute Gasteiger partial charge is 0.239 e. The Kier molecular flexibility index (Phi) is 4.98. The molecule has 1 N–H and O–H groups in total. The topological polar surface area (TPSA) is 58.4 Å². The number of hydrogen-bond acceptors (Lipinski definition) is 4. The number of carbonyl (C=O) groups excluding carboxylic acids is 1. The molecule has 6 heteroatoms. The second-order valence-electron chi connectivity index (χ2n) is 5.01. The van der Waals surface area contributed by atoms with Gasteiger partial charge in [-0.2, -0.15) is 0 Å². The lowest BCUT2D eigenvalue weighted by atomic mass is 10.1. The van der Waals surface area contributed by atoms with Crippen LogP contribution in [0.4, 0.5) is 5.82 Å². The average Bonchev–Trinajstić information content (AvgIpc) is 2.83.